The van der Waals surface area contributed by atoms with Gasteiger partial charge in [-0.25, -0.2) is 9.78 Å². The number of carboxylic acid groups (broad SMARTS) is 1. The van der Waals surface area contributed by atoms with E-state index < -0.39 is 5.97 Å². The van der Waals surface area contributed by atoms with Crippen LogP contribution in [-0.4, -0.2) is 31.7 Å². The van der Waals surface area contributed by atoms with E-state index in [1.165, 1.54) is 23.0 Å². The molecule has 0 atom stereocenters. The maximum Gasteiger partial charge on any atom is 0.354 e. The van der Waals surface area contributed by atoms with Crippen molar-refractivity contribution >= 4 is 17.6 Å². The second kappa shape index (κ2) is 4.89. The molecule has 0 saturated heterocycles. The number of hydrogen-bond acceptors (Lipinski definition) is 4. The van der Waals surface area contributed by atoms with Gasteiger partial charge in [-0.2, -0.15) is 5.10 Å². The Morgan fingerprint density at radius 1 is 1.32 bits per heavy atom. The van der Waals surface area contributed by atoms with Crippen molar-refractivity contribution in [3.63, 3.8) is 0 Å². The van der Waals surface area contributed by atoms with Crippen molar-refractivity contribution < 1.29 is 14.7 Å². The number of nitrogens with one attached hydrogen (secondary N) is 1. The molecule has 7 heteroatoms. The fourth-order valence-electron chi connectivity index (χ4n) is 1.60. The Morgan fingerprint density at radius 2 is 2.05 bits per heavy atom. The van der Waals surface area contributed by atoms with Gasteiger partial charge in [-0.1, -0.05) is 0 Å². The number of aromatic carboxylic acids is 1. The van der Waals surface area contributed by atoms with E-state index in [1.54, 1.807) is 20.0 Å². The van der Waals surface area contributed by atoms with Crippen LogP contribution in [0.1, 0.15) is 26.7 Å². The highest BCUT2D eigenvalue weighted by Gasteiger charge is 2.13. The molecule has 0 aromatic carbocycles. The van der Waals surface area contributed by atoms with E-state index in [-0.39, 0.29) is 11.6 Å². The molecule has 2 aromatic rings. The summed E-state index contributed by atoms with van der Waals surface area (Å²) in [5, 5.41) is 15.4. The zero-order valence-electron chi connectivity index (χ0n) is 10.4. The van der Waals surface area contributed by atoms with Crippen molar-refractivity contribution in [2.24, 2.45) is 7.05 Å². The Morgan fingerprint density at radius 3 is 2.58 bits per heavy atom. The van der Waals surface area contributed by atoms with Crippen LogP contribution in [0.25, 0.3) is 0 Å². The number of carbonyl (C=O) groups excluding carboxylic acids is 1. The maximum absolute atomic E-state index is 12.0. The number of pyridine rings is 1. The fraction of sp³-hybridized carbons (Fsp3) is 0.167. The number of carbonyl (C=O) groups is 2. The smallest absolute Gasteiger partial charge is 0.354 e. The van der Waals surface area contributed by atoms with Gasteiger partial charge in [-0.15, -0.1) is 0 Å². The van der Waals surface area contributed by atoms with E-state index in [9.17, 15) is 9.59 Å². The molecule has 0 aliphatic carbocycles. The molecule has 0 bridgehead atoms. The summed E-state index contributed by atoms with van der Waals surface area (Å²) in [4.78, 5) is 26.6. The average molecular weight is 260 g/mol. The first-order valence-electron chi connectivity index (χ1n) is 5.49. The van der Waals surface area contributed by atoms with Gasteiger partial charge >= 0.3 is 5.97 Å². The Hall–Kier alpha value is -2.70. The van der Waals surface area contributed by atoms with Crippen LogP contribution < -0.4 is 5.32 Å². The molecule has 0 radical (unpaired) electrons. The SMILES string of the molecule is Cc1nc(C(=O)O)ccc1NC(=O)c1ccnn1C. The minimum absolute atomic E-state index is 0.0592. The minimum atomic E-state index is -1.10. The summed E-state index contributed by atoms with van der Waals surface area (Å²) in [6, 6.07) is 4.44. The third-order valence-electron chi connectivity index (χ3n) is 2.61. The quantitative estimate of drug-likeness (QED) is 0.860. The van der Waals surface area contributed by atoms with Crippen LogP contribution in [0.2, 0.25) is 0 Å². The topological polar surface area (TPSA) is 97.1 Å². The van der Waals surface area contributed by atoms with Gasteiger partial charge in [0.05, 0.1) is 11.4 Å². The third kappa shape index (κ3) is 2.59. The molecule has 0 aliphatic heterocycles. The lowest BCUT2D eigenvalue weighted by Gasteiger charge is -2.08. The van der Waals surface area contributed by atoms with Gasteiger partial charge < -0.3 is 10.4 Å². The first-order valence-corrected chi connectivity index (χ1v) is 5.49. The average Bonchev–Trinajstić information content (AvgIpc) is 2.77. The summed E-state index contributed by atoms with van der Waals surface area (Å²) in [5.74, 6) is -1.43. The monoisotopic (exact) mass is 260 g/mol. The highest BCUT2D eigenvalue weighted by molar-refractivity contribution is 6.03. The van der Waals surface area contributed by atoms with Crippen molar-refractivity contribution in [1.82, 2.24) is 14.8 Å². The van der Waals surface area contributed by atoms with Crippen molar-refractivity contribution in [2.45, 2.75) is 6.92 Å². The third-order valence-corrected chi connectivity index (χ3v) is 2.61. The van der Waals surface area contributed by atoms with Gasteiger partial charge in [-0.3, -0.25) is 9.48 Å². The van der Waals surface area contributed by atoms with Crippen molar-refractivity contribution in [3.8, 4) is 0 Å². The van der Waals surface area contributed by atoms with Gasteiger partial charge in [0, 0.05) is 13.2 Å². The number of aromatic nitrogens is 3. The first-order chi connectivity index (χ1) is 8.99. The number of nitrogens with zero attached hydrogens (tertiary/aromatic N) is 3. The van der Waals surface area contributed by atoms with Crippen molar-refractivity contribution in [1.29, 1.82) is 0 Å². The van der Waals surface area contributed by atoms with Gasteiger partial charge in [0.15, 0.2) is 0 Å². The molecule has 2 rings (SSSR count). The van der Waals surface area contributed by atoms with Gasteiger partial charge in [0.25, 0.3) is 5.91 Å². The van der Waals surface area contributed by atoms with E-state index >= 15 is 0 Å². The molecule has 7 nitrogen and oxygen atoms in total. The number of aryl methyl sites for hydroxylation is 2. The van der Waals surface area contributed by atoms with E-state index in [2.05, 4.69) is 15.4 Å². The summed E-state index contributed by atoms with van der Waals surface area (Å²) in [6.07, 6.45) is 1.52. The summed E-state index contributed by atoms with van der Waals surface area (Å²) < 4.78 is 1.45. The van der Waals surface area contributed by atoms with Crippen LogP contribution in [0, 0.1) is 6.92 Å². The van der Waals surface area contributed by atoms with E-state index in [0.717, 1.165) is 0 Å². The summed E-state index contributed by atoms with van der Waals surface area (Å²) in [7, 11) is 1.66. The van der Waals surface area contributed by atoms with E-state index in [4.69, 9.17) is 5.11 Å². The number of rotatable bonds is 3. The molecule has 0 aliphatic rings. The summed E-state index contributed by atoms with van der Waals surface area (Å²) in [5.41, 5.74) is 1.25. The zero-order valence-corrected chi connectivity index (χ0v) is 10.4. The van der Waals surface area contributed by atoms with Gasteiger partial charge in [-0.05, 0) is 25.1 Å². The molecule has 0 spiro atoms. The second-order valence-corrected chi connectivity index (χ2v) is 3.93. The van der Waals surface area contributed by atoms with Gasteiger partial charge in [0.2, 0.25) is 0 Å². The zero-order chi connectivity index (χ0) is 14.0. The Bertz CT molecular complexity index is 648. The molecule has 19 heavy (non-hydrogen) atoms. The number of anilines is 1. The molecule has 0 saturated carbocycles. The van der Waals surface area contributed by atoms with Crippen LogP contribution in [0.3, 0.4) is 0 Å². The minimum Gasteiger partial charge on any atom is -0.477 e. The lowest BCUT2D eigenvalue weighted by atomic mass is 10.2. The fourth-order valence-corrected chi connectivity index (χ4v) is 1.60. The predicted molar refractivity (Wildman–Crippen MR) is 67.1 cm³/mol. The van der Waals surface area contributed by atoms with Crippen LogP contribution in [0.15, 0.2) is 24.4 Å². The summed E-state index contributed by atoms with van der Waals surface area (Å²) >= 11 is 0. The molecule has 0 unspecified atom stereocenters. The first kappa shape index (κ1) is 12.7. The van der Waals surface area contributed by atoms with Crippen LogP contribution in [0.5, 0.6) is 0 Å². The Labute approximate surface area is 108 Å². The molecule has 0 fully saturated rings. The normalized spacial score (nSPS) is 10.2. The molecular weight excluding hydrogens is 248 g/mol. The summed E-state index contributed by atoms with van der Waals surface area (Å²) in [6.45, 7) is 1.63. The van der Waals surface area contributed by atoms with E-state index in [1.807, 2.05) is 0 Å². The lowest BCUT2D eigenvalue weighted by molar-refractivity contribution is 0.0690. The Balaban J connectivity index is 2.23. The lowest BCUT2D eigenvalue weighted by Crippen LogP contribution is -2.17. The number of carboxylic acids is 1. The number of hydrogen-bond donors (Lipinski definition) is 2. The van der Waals surface area contributed by atoms with Crippen LogP contribution in [0.4, 0.5) is 5.69 Å². The maximum atomic E-state index is 12.0. The second-order valence-electron chi connectivity index (χ2n) is 3.93. The largest absolute Gasteiger partial charge is 0.477 e. The highest BCUT2D eigenvalue weighted by atomic mass is 16.4. The van der Waals surface area contributed by atoms with Crippen molar-refractivity contribution in [3.05, 3.63) is 41.5 Å². The molecule has 2 aromatic heterocycles. The molecular formula is C12H12N4O3. The molecule has 98 valence electrons. The van der Waals surface area contributed by atoms with Crippen LogP contribution >= 0.6 is 0 Å². The molecule has 2 heterocycles. The predicted octanol–water partition coefficient (Wildman–Crippen LogP) is 1.07. The highest BCUT2D eigenvalue weighted by Crippen LogP contribution is 2.14. The standard InChI is InChI=1S/C12H12N4O3/c1-7-8(3-4-9(14-7)12(18)19)15-11(17)10-5-6-13-16(10)2/h3-6H,1-2H3,(H,15,17)(H,18,19). The molecule has 1 amide bonds. The number of amides is 1. The van der Waals surface area contributed by atoms with Gasteiger partial charge in [0.1, 0.15) is 11.4 Å². The van der Waals surface area contributed by atoms with E-state index in [0.29, 0.717) is 17.1 Å². The van der Waals surface area contributed by atoms with Crippen LogP contribution in [-0.2, 0) is 7.05 Å². The Kier molecular flexibility index (Phi) is 3.28. The molecule has 2 N–H and O–H groups in total. The van der Waals surface area contributed by atoms with Crippen molar-refractivity contribution in [2.75, 3.05) is 5.32 Å².